The third kappa shape index (κ3) is 1.97. The Hall–Kier alpha value is -0.0500. The van der Waals surface area contributed by atoms with Crippen molar-refractivity contribution in [2.45, 2.75) is 32.7 Å². The summed E-state index contributed by atoms with van der Waals surface area (Å²) in [6, 6.07) is 2.31. The summed E-state index contributed by atoms with van der Waals surface area (Å²) in [5.74, 6) is 1.45. The molecule has 0 radical (unpaired) electrons. The lowest BCUT2D eigenvalue weighted by molar-refractivity contribution is 0.422. The van der Waals surface area contributed by atoms with Gasteiger partial charge in [-0.05, 0) is 43.2 Å². The number of thiophene rings is 1. The maximum absolute atomic E-state index is 6.21. The van der Waals surface area contributed by atoms with Crippen molar-refractivity contribution in [3.05, 3.63) is 20.8 Å². The largest absolute Gasteiger partial charge is 0.323 e. The van der Waals surface area contributed by atoms with Gasteiger partial charge in [0.15, 0.2) is 0 Å². The van der Waals surface area contributed by atoms with Crippen molar-refractivity contribution >= 4 is 22.9 Å². The molecule has 0 spiro atoms. The molecule has 0 bridgehead atoms. The lowest BCUT2D eigenvalue weighted by Gasteiger charge is -2.17. The predicted octanol–water partition coefficient (Wildman–Crippen LogP) is 3.76. The first-order valence-electron chi connectivity index (χ1n) is 5.11. The Kier molecular flexibility index (Phi) is 2.87. The number of hydrogen-bond acceptors (Lipinski definition) is 2. The van der Waals surface area contributed by atoms with Gasteiger partial charge in [-0.25, -0.2) is 0 Å². The van der Waals surface area contributed by atoms with E-state index in [1.54, 1.807) is 11.3 Å². The van der Waals surface area contributed by atoms with E-state index in [-0.39, 0.29) is 6.04 Å². The Morgan fingerprint density at radius 3 is 2.64 bits per heavy atom. The van der Waals surface area contributed by atoms with E-state index in [1.165, 1.54) is 17.7 Å². The Labute approximate surface area is 94.3 Å². The van der Waals surface area contributed by atoms with Crippen LogP contribution in [0.2, 0.25) is 4.34 Å². The molecular formula is C11H16ClNS. The first kappa shape index (κ1) is 10.5. The molecule has 78 valence electrons. The van der Waals surface area contributed by atoms with E-state index >= 15 is 0 Å². The molecule has 0 aromatic carbocycles. The van der Waals surface area contributed by atoms with Crippen molar-refractivity contribution in [3.63, 3.8) is 0 Å². The standard InChI is InChI=1S/C11H16ClNS/c1-6-5-9(14-11(6)12)10(13)7(2)8-3-4-8/h5,7-8,10H,3-4,13H2,1-2H3. The van der Waals surface area contributed by atoms with Gasteiger partial charge in [0.2, 0.25) is 0 Å². The molecule has 1 fully saturated rings. The summed E-state index contributed by atoms with van der Waals surface area (Å²) in [5.41, 5.74) is 7.37. The van der Waals surface area contributed by atoms with Crippen molar-refractivity contribution in [1.82, 2.24) is 0 Å². The van der Waals surface area contributed by atoms with Crippen LogP contribution in [0.4, 0.5) is 0 Å². The summed E-state index contributed by atoms with van der Waals surface area (Å²) in [7, 11) is 0. The monoisotopic (exact) mass is 229 g/mol. The number of hydrogen-bond donors (Lipinski definition) is 1. The molecule has 0 saturated heterocycles. The van der Waals surface area contributed by atoms with Crippen LogP contribution in [-0.4, -0.2) is 0 Å². The fourth-order valence-electron chi connectivity index (χ4n) is 1.82. The van der Waals surface area contributed by atoms with Crippen LogP contribution in [0.3, 0.4) is 0 Å². The molecule has 0 aliphatic heterocycles. The highest BCUT2D eigenvalue weighted by molar-refractivity contribution is 7.16. The number of rotatable bonds is 3. The average Bonchev–Trinajstić information content (AvgIpc) is 2.93. The maximum Gasteiger partial charge on any atom is 0.0960 e. The fraction of sp³-hybridized carbons (Fsp3) is 0.636. The molecule has 1 saturated carbocycles. The van der Waals surface area contributed by atoms with Gasteiger partial charge in [0.05, 0.1) is 4.34 Å². The topological polar surface area (TPSA) is 26.0 Å². The second-order valence-electron chi connectivity index (χ2n) is 4.33. The predicted molar refractivity (Wildman–Crippen MR) is 62.9 cm³/mol. The second-order valence-corrected chi connectivity index (χ2v) is 6.01. The molecule has 2 atom stereocenters. The lowest BCUT2D eigenvalue weighted by Crippen LogP contribution is -2.19. The molecule has 0 amide bonds. The first-order chi connectivity index (χ1) is 6.59. The summed E-state index contributed by atoms with van der Waals surface area (Å²) >= 11 is 7.67. The molecule has 2 unspecified atom stereocenters. The molecule has 1 aliphatic rings. The van der Waals surface area contributed by atoms with Crippen LogP contribution >= 0.6 is 22.9 Å². The van der Waals surface area contributed by atoms with Crippen LogP contribution in [0.25, 0.3) is 0 Å². The number of nitrogens with two attached hydrogens (primary N) is 1. The minimum absolute atomic E-state index is 0.179. The van der Waals surface area contributed by atoms with E-state index in [9.17, 15) is 0 Å². The van der Waals surface area contributed by atoms with Gasteiger partial charge in [-0.2, -0.15) is 0 Å². The fourth-order valence-corrected chi connectivity index (χ4v) is 3.16. The van der Waals surface area contributed by atoms with Gasteiger partial charge >= 0.3 is 0 Å². The Balaban J connectivity index is 2.13. The second kappa shape index (κ2) is 3.84. The van der Waals surface area contributed by atoms with Gasteiger partial charge in [0.25, 0.3) is 0 Å². The zero-order valence-corrected chi connectivity index (χ0v) is 10.2. The van der Waals surface area contributed by atoms with E-state index in [1.807, 2.05) is 6.92 Å². The number of aryl methyl sites for hydroxylation is 1. The normalized spacial score (nSPS) is 20.9. The Bertz CT molecular complexity index is 311. The zero-order valence-electron chi connectivity index (χ0n) is 8.59. The molecule has 1 aromatic heterocycles. The molecule has 1 aliphatic carbocycles. The van der Waals surface area contributed by atoms with E-state index in [0.29, 0.717) is 5.92 Å². The smallest absolute Gasteiger partial charge is 0.0960 e. The van der Waals surface area contributed by atoms with Crippen molar-refractivity contribution in [1.29, 1.82) is 0 Å². The van der Waals surface area contributed by atoms with Crippen LogP contribution in [0.15, 0.2) is 6.07 Å². The van der Waals surface area contributed by atoms with Crippen molar-refractivity contribution in [2.75, 3.05) is 0 Å². The highest BCUT2D eigenvalue weighted by atomic mass is 35.5. The van der Waals surface area contributed by atoms with Crippen molar-refractivity contribution < 1.29 is 0 Å². The quantitative estimate of drug-likeness (QED) is 0.839. The van der Waals surface area contributed by atoms with Crippen LogP contribution < -0.4 is 5.73 Å². The highest BCUT2D eigenvalue weighted by Gasteiger charge is 2.32. The SMILES string of the molecule is Cc1cc(C(N)C(C)C2CC2)sc1Cl. The van der Waals surface area contributed by atoms with E-state index < -0.39 is 0 Å². The summed E-state index contributed by atoms with van der Waals surface area (Å²) < 4.78 is 0.887. The molecule has 14 heavy (non-hydrogen) atoms. The van der Waals surface area contributed by atoms with Gasteiger partial charge in [-0.15, -0.1) is 11.3 Å². The summed E-state index contributed by atoms with van der Waals surface area (Å²) in [4.78, 5) is 1.24. The van der Waals surface area contributed by atoms with Crippen molar-refractivity contribution in [3.8, 4) is 0 Å². The Morgan fingerprint density at radius 1 is 1.57 bits per heavy atom. The van der Waals surface area contributed by atoms with Crippen LogP contribution in [-0.2, 0) is 0 Å². The minimum Gasteiger partial charge on any atom is -0.323 e. The molecular weight excluding hydrogens is 214 g/mol. The van der Waals surface area contributed by atoms with Gasteiger partial charge in [0.1, 0.15) is 0 Å². The summed E-state index contributed by atoms with van der Waals surface area (Å²) in [6.07, 6.45) is 2.71. The number of halogens is 1. The van der Waals surface area contributed by atoms with Crippen LogP contribution in [0.1, 0.15) is 36.2 Å². The van der Waals surface area contributed by atoms with Gasteiger partial charge in [-0.3, -0.25) is 0 Å². The highest BCUT2D eigenvalue weighted by Crippen LogP contribution is 2.43. The molecule has 3 heteroatoms. The van der Waals surface area contributed by atoms with Crippen molar-refractivity contribution in [2.24, 2.45) is 17.6 Å². The van der Waals surface area contributed by atoms with Crippen LogP contribution in [0.5, 0.6) is 0 Å². The van der Waals surface area contributed by atoms with Gasteiger partial charge in [-0.1, -0.05) is 18.5 Å². The van der Waals surface area contributed by atoms with E-state index in [4.69, 9.17) is 17.3 Å². The maximum atomic E-state index is 6.21. The molecule has 2 rings (SSSR count). The van der Waals surface area contributed by atoms with Gasteiger partial charge < -0.3 is 5.73 Å². The molecule has 1 nitrogen and oxygen atoms in total. The zero-order chi connectivity index (χ0) is 10.3. The Morgan fingerprint density at radius 2 is 2.21 bits per heavy atom. The van der Waals surface area contributed by atoms with E-state index in [0.717, 1.165) is 15.8 Å². The van der Waals surface area contributed by atoms with Gasteiger partial charge in [0, 0.05) is 10.9 Å². The molecule has 1 heterocycles. The average molecular weight is 230 g/mol. The summed E-state index contributed by atoms with van der Waals surface area (Å²) in [6.45, 7) is 4.29. The lowest BCUT2D eigenvalue weighted by atomic mass is 9.96. The third-order valence-electron chi connectivity index (χ3n) is 3.14. The molecule has 2 N–H and O–H groups in total. The first-order valence-corrected chi connectivity index (χ1v) is 6.30. The van der Waals surface area contributed by atoms with Crippen LogP contribution in [0, 0.1) is 18.8 Å². The molecule has 1 aromatic rings. The minimum atomic E-state index is 0.179. The summed E-state index contributed by atoms with van der Waals surface area (Å²) in [5, 5.41) is 0. The van der Waals surface area contributed by atoms with E-state index in [2.05, 4.69) is 13.0 Å². The third-order valence-corrected chi connectivity index (χ3v) is 4.79.